The number of aryl methyl sites for hydroxylation is 1. The van der Waals surface area contributed by atoms with Crippen LogP contribution in [0, 0.1) is 0 Å². The third-order valence-electron chi connectivity index (χ3n) is 3.79. The molecule has 140 valence electrons. The Morgan fingerprint density at radius 1 is 1.19 bits per heavy atom. The normalized spacial score (nSPS) is 11.9. The van der Waals surface area contributed by atoms with Crippen LogP contribution in [-0.2, 0) is 11.8 Å². The molecule has 2 rings (SSSR count). The number of benzene rings is 1. The number of nitrogens with one attached hydrogen (secondary N) is 3. The second-order valence-corrected chi connectivity index (χ2v) is 6.31. The minimum atomic E-state index is -0.310. The van der Waals surface area contributed by atoms with Crippen molar-refractivity contribution in [2.75, 3.05) is 31.3 Å². The standard InChI is InChI=1S/C18H26N6O2/c1-5-15(16-9-10-19-24(16)4)22-18(26)21-14-8-6-7-13(11-14)20-17(25)12-23(2)3/h6-11,15H,5,12H2,1-4H3,(H,20,25)(H2,21,22,26)/t15-/m0/s1. The van der Waals surface area contributed by atoms with E-state index in [1.54, 1.807) is 40.0 Å². The number of hydrogen-bond donors (Lipinski definition) is 3. The molecule has 0 aliphatic rings. The van der Waals surface area contributed by atoms with Gasteiger partial charge in [0.25, 0.3) is 0 Å². The van der Waals surface area contributed by atoms with Crippen LogP contribution in [0.4, 0.5) is 16.2 Å². The fraction of sp³-hybridized carbons (Fsp3) is 0.389. The molecule has 0 fully saturated rings. The predicted molar refractivity (Wildman–Crippen MR) is 102 cm³/mol. The first kappa shape index (κ1) is 19.5. The first-order valence-corrected chi connectivity index (χ1v) is 8.49. The molecule has 8 nitrogen and oxygen atoms in total. The molecular weight excluding hydrogens is 332 g/mol. The van der Waals surface area contributed by atoms with Gasteiger partial charge >= 0.3 is 6.03 Å². The van der Waals surface area contributed by atoms with Crippen molar-refractivity contribution in [3.05, 3.63) is 42.2 Å². The van der Waals surface area contributed by atoms with Crippen molar-refractivity contribution in [1.29, 1.82) is 0 Å². The molecule has 0 aliphatic heterocycles. The Hall–Kier alpha value is -2.87. The largest absolute Gasteiger partial charge is 0.330 e. The number of nitrogens with zero attached hydrogens (tertiary/aromatic N) is 3. The molecule has 1 aromatic heterocycles. The monoisotopic (exact) mass is 358 g/mol. The number of carbonyl (C=O) groups excluding carboxylic acids is 2. The highest BCUT2D eigenvalue weighted by molar-refractivity contribution is 5.94. The van der Waals surface area contributed by atoms with Crippen LogP contribution in [0.25, 0.3) is 0 Å². The van der Waals surface area contributed by atoms with E-state index in [9.17, 15) is 9.59 Å². The molecule has 3 N–H and O–H groups in total. The lowest BCUT2D eigenvalue weighted by Gasteiger charge is -2.18. The molecule has 0 saturated carbocycles. The summed E-state index contributed by atoms with van der Waals surface area (Å²) in [5.41, 5.74) is 2.17. The van der Waals surface area contributed by atoms with E-state index in [0.29, 0.717) is 17.9 Å². The van der Waals surface area contributed by atoms with Crippen LogP contribution in [0.15, 0.2) is 36.5 Å². The maximum absolute atomic E-state index is 12.3. The highest BCUT2D eigenvalue weighted by atomic mass is 16.2. The number of amides is 3. The van der Waals surface area contributed by atoms with Gasteiger partial charge in [-0.1, -0.05) is 13.0 Å². The second kappa shape index (κ2) is 9.00. The van der Waals surface area contributed by atoms with E-state index in [0.717, 1.165) is 12.1 Å². The van der Waals surface area contributed by atoms with Gasteiger partial charge in [-0.05, 0) is 44.8 Å². The summed E-state index contributed by atoms with van der Waals surface area (Å²) >= 11 is 0. The minimum Gasteiger partial charge on any atom is -0.330 e. The quantitative estimate of drug-likeness (QED) is 0.707. The average molecular weight is 358 g/mol. The third kappa shape index (κ3) is 5.59. The first-order valence-electron chi connectivity index (χ1n) is 8.49. The molecule has 0 saturated heterocycles. The number of carbonyl (C=O) groups is 2. The zero-order chi connectivity index (χ0) is 19.1. The Kier molecular flexibility index (Phi) is 6.74. The van der Waals surface area contributed by atoms with Crippen LogP contribution < -0.4 is 16.0 Å². The zero-order valence-corrected chi connectivity index (χ0v) is 15.6. The molecule has 1 aromatic carbocycles. The van der Waals surface area contributed by atoms with Crippen LogP contribution in [-0.4, -0.2) is 47.3 Å². The van der Waals surface area contributed by atoms with Crippen molar-refractivity contribution in [3.8, 4) is 0 Å². The molecule has 0 unspecified atom stereocenters. The lowest BCUT2D eigenvalue weighted by molar-refractivity contribution is -0.116. The van der Waals surface area contributed by atoms with Gasteiger partial charge in [-0.3, -0.25) is 9.48 Å². The Morgan fingerprint density at radius 2 is 1.88 bits per heavy atom. The number of rotatable bonds is 7. The van der Waals surface area contributed by atoms with E-state index < -0.39 is 0 Å². The van der Waals surface area contributed by atoms with Gasteiger partial charge in [0.2, 0.25) is 5.91 Å². The molecule has 2 aromatic rings. The van der Waals surface area contributed by atoms with Gasteiger partial charge < -0.3 is 20.9 Å². The Morgan fingerprint density at radius 3 is 2.46 bits per heavy atom. The van der Waals surface area contributed by atoms with Crippen molar-refractivity contribution in [1.82, 2.24) is 20.0 Å². The number of aromatic nitrogens is 2. The Labute approximate surface area is 153 Å². The average Bonchev–Trinajstić information content (AvgIpc) is 2.98. The van der Waals surface area contributed by atoms with E-state index in [1.165, 1.54) is 0 Å². The maximum Gasteiger partial charge on any atom is 0.319 e. The van der Waals surface area contributed by atoms with Crippen LogP contribution >= 0.6 is 0 Å². The molecule has 0 radical (unpaired) electrons. The molecule has 1 atom stereocenters. The molecule has 8 heteroatoms. The Balaban J connectivity index is 1.97. The van der Waals surface area contributed by atoms with Gasteiger partial charge in [0.05, 0.1) is 18.3 Å². The van der Waals surface area contributed by atoms with E-state index >= 15 is 0 Å². The van der Waals surface area contributed by atoms with E-state index in [2.05, 4.69) is 21.0 Å². The molecule has 1 heterocycles. The fourth-order valence-electron chi connectivity index (χ4n) is 2.60. The van der Waals surface area contributed by atoms with Crippen LogP contribution in [0.1, 0.15) is 25.1 Å². The lowest BCUT2D eigenvalue weighted by atomic mass is 10.1. The Bertz CT molecular complexity index is 756. The summed E-state index contributed by atoms with van der Waals surface area (Å²) in [6, 6.07) is 8.49. The van der Waals surface area contributed by atoms with Crippen LogP contribution in [0.2, 0.25) is 0 Å². The summed E-state index contributed by atoms with van der Waals surface area (Å²) in [5, 5.41) is 12.7. The molecule has 0 bridgehead atoms. The summed E-state index contributed by atoms with van der Waals surface area (Å²) in [4.78, 5) is 26.0. The zero-order valence-electron chi connectivity index (χ0n) is 15.6. The molecule has 3 amide bonds. The van der Waals surface area contributed by atoms with Crippen LogP contribution in [0.3, 0.4) is 0 Å². The number of urea groups is 1. The molecule has 26 heavy (non-hydrogen) atoms. The maximum atomic E-state index is 12.3. The van der Waals surface area contributed by atoms with E-state index in [1.807, 2.05) is 34.1 Å². The van der Waals surface area contributed by atoms with Gasteiger partial charge in [-0.2, -0.15) is 5.10 Å². The number of likely N-dealkylation sites (N-methyl/N-ethyl adjacent to an activating group) is 1. The molecule has 0 aliphatic carbocycles. The number of hydrogen-bond acceptors (Lipinski definition) is 4. The van der Waals surface area contributed by atoms with Crippen molar-refractivity contribution >= 4 is 23.3 Å². The summed E-state index contributed by atoms with van der Waals surface area (Å²) in [7, 11) is 5.50. The lowest BCUT2D eigenvalue weighted by Crippen LogP contribution is -2.33. The summed E-state index contributed by atoms with van der Waals surface area (Å²) in [6.45, 7) is 2.29. The van der Waals surface area contributed by atoms with Gasteiger partial charge in [0.15, 0.2) is 0 Å². The van der Waals surface area contributed by atoms with Crippen molar-refractivity contribution in [2.24, 2.45) is 7.05 Å². The highest BCUT2D eigenvalue weighted by Gasteiger charge is 2.16. The summed E-state index contributed by atoms with van der Waals surface area (Å²) in [6.07, 6.45) is 2.45. The molecule has 0 spiro atoms. The van der Waals surface area contributed by atoms with E-state index in [-0.39, 0.29) is 18.0 Å². The van der Waals surface area contributed by atoms with E-state index in [4.69, 9.17) is 0 Å². The highest BCUT2D eigenvalue weighted by Crippen LogP contribution is 2.17. The van der Waals surface area contributed by atoms with Crippen molar-refractivity contribution < 1.29 is 9.59 Å². The fourth-order valence-corrected chi connectivity index (χ4v) is 2.60. The molecular formula is C18H26N6O2. The smallest absolute Gasteiger partial charge is 0.319 e. The topological polar surface area (TPSA) is 91.3 Å². The van der Waals surface area contributed by atoms with Crippen molar-refractivity contribution in [2.45, 2.75) is 19.4 Å². The third-order valence-corrected chi connectivity index (χ3v) is 3.79. The van der Waals surface area contributed by atoms with Crippen LogP contribution in [0.5, 0.6) is 0 Å². The van der Waals surface area contributed by atoms with Gasteiger partial charge in [0, 0.05) is 24.6 Å². The summed E-state index contributed by atoms with van der Waals surface area (Å²) < 4.78 is 1.75. The van der Waals surface area contributed by atoms with Gasteiger partial charge in [-0.15, -0.1) is 0 Å². The SMILES string of the molecule is CC[C@H](NC(=O)Nc1cccc(NC(=O)CN(C)C)c1)c1ccnn1C. The summed E-state index contributed by atoms with van der Waals surface area (Å²) in [5.74, 6) is -0.112. The minimum absolute atomic E-state index is 0.112. The first-order chi connectivity index (χ1) is 12.4. The van der Waals surface area contributed by atoms with Crippen molar-refractivity contribution in [3.63, 3.8) is 0 Å². The predicted octanol–water partition coefficient (Wildman–Crippen LogP) is 2.19. The van der Waals surface area contributed by atoms with Gasteiger partial charge in [-0.25, -0.2) is 4.79 Å². The second-order valence-electron chi connectivity index (χ2n) is 6.31. The van der Waals surface area contributed by atoms with Gasteiger partial charge in [0.1, 0.15) is 0 Å². The number of anilines is 2.